The summed E-state index contributed by atoms with van der Waals surface area (Å²) in [5.41, 5.74) is 4.62. The molecule has 1 amide bonds. The van der Waals surface area contributed by atoms with Gasteiger partial charge in [0, 0.05) is 11.1 Å². The average Bonchev–Trinajstić information content (AvgIpc) is 2.66. The minimum atomic E-state index is -0.278. The highest BCUT2D eigenvalue weighted by Crippen LogP contribution is 2.30. The average molecular weight is 340 g/mol. The lowest BCUT2D eigenvalue weighted by Gasteiger charge is -2.18. The highest BCUT2D eigenvalue weighted by atomic mass is 16.6. The molecular weight excluding hydrogens is 320 g/mol. The van der Waals surface area contributed by atoms with Gasteiger partial charge in [-0.15, -0.1) is 0 Å². The summed E-state index contributed by atoms with van der Waals surface area (Å²) in [7, 11) is 0. The maximum absolute atomic E-state index is 12.2. The second kappa shape index (κ2) is 7.70. The number of hydrogen-bond donors (Lipinski definition) is 1. The Morgan fingerprint density at radius 1 is 1.08 bits per heavy atom. The molecule has 6 heteroatoms. The Balaban J connectivity index is 1.67. The first kappa shape index (κ1) is 16.8. The van der Waals surface area contributed by atoms with Gasteiger partial charge in [0.1, 0.15) is 19.0 Å². The second-order valence-corrected chi connectivity index (χ2v) is 5.45. The van der Waals surface area contributed by atoms with Crippen molar-refractivity contribution >= 4 is 11.6 Å². The minimum Gasteiger partial charge on any atom is -0.494 e. The van der Waals surface area contributed by atoms with Gasteiger partial charge in [-0.2, -0.15) is 5.10 Å². The van der Waals surface area contributed by atoms with Crippen molar-refractivity contribution in [3.05, 3.63) is 53.6 Å². The standard InChI is InChI=1S/C19H20N2O4/c1-3-23-16-7-4-14(5-8-16)19(22)21-20-13(2)15-6-9-17-18(12-15)25-11-10-24-17/h4-9,12H,3,10-11H2,1-2H3,(H,21,22)/b20-13+. The van der Waals surface area contributed by atoms with Crippen LogP contribution in [0, 0.1) is 0 Å². The Kier molecular flexibility index (Phi) is 5.18. The molecule has 25 heavy (non-hydrogen) atoms. The van der Waals surface area contributed by atoms with Crippen molar-refractivity contribution in [2.45, 2.75) is 13.8 Å². The molecule has 0 unspecified atom stereocenters. The number of carbonyl (C=O) groups excluding carboxylic acids is 1. The molecule has 0 aliphatic carbocycles. The number of fused-ring (bicyclic) bond motifs is 1. The molecule has 0 spiro atoms. The summed E-state index contributed by atoms with van der Waals surface area (Å²) >= 11 is 0. The molecule has 0 aromatic heterocycles. The van der Waals surface area contributed by atoms with Gasteiger partial charge in [-0.05, 0) is 56.3 Å². The fourth-order valence-electron chi connectivity index (χ4n) is 2.40. The van der Waals surface area contributed by atoms with Crippen LogP contribution in [0.3, 0.4) is 0 Å². The molecule has 0 saturated heterocycles. The maximum atomic E-state index is 12.2. The number of hydrogen-bond acceptors (Lipinski definition) is 5. The highest BCUT2D eigenvalue weighted by molar-refractivity contribution is 6.01. The van der Waals surface area contributed by atoms with Crippen molar-refractivity contribution in [2.24, 2.45) is 5.10 Å². The zero-order valence-corrected chi connectivity index (χ0v) is 14.2. The third-order valence-electron chi connectivity index (χ3n) is 3.71. The Hall–Kier alpha value is -3.02. The lowest BCUT2D eigenvalue weighted by atomic mass is 10.1. The molecule has 0 bridgehead atoms. The minimum absolute atomic E-state index is 0.278. The van der Waals surface area contributed by atoms with E-state index >= 15 is 0 Å². The van der Waals surface area contributed by atoms with Crippen molar-refractivity contribution in [1.82, 2.24) is 5.43 Å². The first-order valence-corrected chi connectivity index (χ1v) is 8.15. The van der Waals surface area contributed by atoms with E-state index in [1.807, 2.05) is 32.0 Å². The summed E-state index contributed by atoms with van der Waals surface area (Å²) in [5, 5.41) is 4.17. The van der Waals surface area contributed by atoms with E-state index in [1.54, 1.807) is 24.3 Å². The van der Waals surface area contributed by atoms with Crippen molar-refractivity contribution in [1.29, 1.82) is 0 Å². The number of carbonyl (C=O) groups is 1. The van der Waals surface area contributed by atoms with E-state index in [9.17, 15) is 4.79 Å². The summed E-state index contributed by atoms with van der Waals surface area (Å²) in [5.74, 6) is 1.87. The van der Waals surface area contributed by atoms with Gasteiger partial charge in [-0.1, -0.05) is 0 Å². The van der Waals surface area contributed by atoms with Crippen LogP contribution >= 0.6 is 0 Å². The highest BCUT2D eigenvalue weighted by Gasteiger charge is 2.13. The summed E-state index contributed by atoms with van der Waals surface area (Å²) in [6, 6.07) is 12.5. The Labute approximate surface area is 146 Å². The van der Waals surface area contributed by atoms with Crippen molar-refractivity contribution in [3.8, 4) is 17.2 Å². The molecule has 6 nitrogen and oxygen atoms in total. The molecule has 1 heterocycles. The van der Waals surface area contributed by atoms with Crippen molar-refractivity contribution in [2.75, 3.05) is 19.8 Å². The van der Waals surface area contributed by atoms with E-state index in [-0.39, 0.29) is 5.91 Å². The van der Waals surface area contributed by atoms with Gasteiger partial charge in [-0.25, -0.2) is 5.43 Å². The van der Waals surface area contributed by atoms with Crippen molar-refractivity contribution < 1.29 is 19.0 Å². The van der Waals surface area contributed by atoms with E-state index in [4.69, 9.17) is 14.2 Å². The molecule has 3 rings (SSSR count). The van der Waals surface area contributed by atoms with Crippen LogP contribution in [0.2, 0.25) is 0 Å². The third-order valence-corrected chi connectivity index (χ3v) is 3.71. The van der Waals surface area contributed by atoms with Crippen LogP contribution in [0.25, 0.3) is 0 Å². The van der Waals surface area contributed by atoms with Crippen LogP contribution in [0.5, 0.6) is 17.2 Å². The molecular formula is C19H20N2O4. The monoisotopic (exact) mass is 340 g/mol. The largest absolute Gasteiger partial charge is 0.494 e. The smallest absolute Gasteiger partial charge is 0.271 e. The predicted octanol–water partition coefficient (Wildman–Crippen LogP) is 3.01. The number of benzene rings is 2. The predicted molar refractivity (Wildman–Crippen MR) is 94.7 cm³/mol. The van der Waals surface area contributed by atoms with Gasteiger partial charge in [0.25, 0.3) is 5.91 Å². The summed E-state index contributed by atoms with van der Waals surface area (Å²) in [6.45, 7) is 5.41. The van der Waals surface area contributed by atoms with Crippen LogP contribution < -0.4 is 19.6 Å². The van der Waals surface area contributed by atoms with Crippen LogP contribution in [0.1, 0.15) is 29.8 Å². The van der Waals surface area contributed by atoms with Crippen LogP contribution in [0.15, 0.2) is 47.6 Å². The zero-order valence-electron chi connectivity index (χ0n) is 14.2. The Morgan fingerprint density at radius 2 is 1.76 bits per heavy atom. The van der Waals surface area contributed by atoms with E-state index in [0.29, 0.717) is 36.8 Å². The summed E-state index contributed by atoms with van der Waals surface area (Å²) in [6.07, 6.45) is 0. The lowest BCUT2D eigenvalue weighted by molar-refractivity contribution is 0.0955. The van der Waals surface area contributed by atoms with E-state index < -0.39 is 0 Å². The Bertz CT molecular complexity index is 785. The summed E-state index contributed by atoms with van der Waals surface area (Å²) in [4.78, 5) is 12.2. The molecule has 1 aliphatic heterocycles. The molecule has 0 fully saturated rings. The molecule has 0 radical (unpaired) electrons. The van der Waals surface area contributed by atoms with Gasteiger partial charge < -0.3 is 14.2 Å². The van der Waals surface area contributed by atoms with E-state index in [2.05, 4.69) is 10.5 Å². The molecule has 2 aromatic carbocycles. The third kappa shape index (κ3) is 4.09. The maximum Gasteiger partial charge on any atom is 0.271 e. The molecule has 0 atom stereocenters. The number of rotatable bonds is 5. The van der Waals surface area contributed by atoms with Gasteiger partial charge in [0.15, 0.2) is 11.5 Å². The number of ether oxygens (including phenoxy) is 3. The van der Waals surface area contributed by atoms with Gasteiger partial charge in [0.05, 0.1) is 12.3 Å². The van der Waals surface area contributed by atoms with Gasteiger partial charge in [-0.3, -0.25) is 4.79 Å². The summed E-state index contributed by atoms with van der Waals surface area (Å²) < 4.78 is 16.4. The van der Waals surface area contributed by atoms with Crippen molar-refractivity contribution in [3.63, 3.8) is 0 Å². The van der Waals surface area contributed by atoms with E-state index in [0.717, 1.165) is 17.1 Å². The zero-order chi connectivity index (χ0) is 17.6. The number of nitrogens with one attached hydrogen (secondary N) is 1. The quantitative estimate of drug-likeness (QED) is 0.671. The van der Waals surface area contributed by atoms with Gasteiger partial charge >= 0.3 is 0 Å². The fourth-order valence-corrected chi connectivity index (χ4v) is 2.40. The molecule has 2 aromatic rings. The number of nitrogens with zero attached hydrogens (tertiary/aromatic N) is 1. The molecule has 130 valence electrons. The van der Waals surface area contributed by atoms with Crippen LogP contribution in [-0.4, -0.2) is 31.4 Å². The second-order valence-electron chi connectivity index (χ2n) is 5.45. The topological polar surface area (TPSA) is 69.2 Å². The fraction of sp³-hybridized carbons (Fsp3) is 0.263. The molecule has 1 N–H and O–H groups in total. The Morgan fingerprint density at radius 3 is 2.48 bits per heavy atom. The lowest BCUT2D eigenvalue weighted by Crippen LogP contribution is -2.19. The first-order valence-electron chi connectivity index (χ1n) is 8.15. The number of hydrazone groups is 1. The molecule has 0 saturated carbocycles. The molecule has 1 aliphatic rings. The SMILES string of the molecule is CCOc1ccc(C(=O)N/N=C(\C)c2ccc3c(c2)OCCO3)cc1. The number of amides is 1. The normalized spacial score (nSPS) is 13.3. The van der Waals surface area contributed by atoms with Gasteiger partial charge in [0.2, 0.25) is 0 Å². The van der Waals surface area contributed by atoms with Crippen LogP contribution in [0.4, 0.5) is 0 Å². The first-order chi connectivity index (χ1) is 12.2. The van der Waals surface area contributed by atoms with E-state index in [1.165, 1.54) is 0 Å². The van der Waals surface area contributed by atoms with Crippen LogP contribution in [-0.2, 0) is 0 Å².